The van der Waals surface area contributed by atoms with Gasteiger partial charge in [-0.05, 0) is 19.1 Å². The molecule has 0 aliphatic heterocycles. The minimum atomic E-state index is -0.894. The van der Waals surface area contributed by atoms with Crippen LogP contribution in [-0.4, -0.2) is 29.5 Å². The highest BCUT2D eigenvalue weighted by Crippen LogP contribution is 2.19. The highest BCUT2D eigenvalue weighted by molar-refractivity contribution is 6.32. The van der Waals surface area contributed by atoms with Crippen LogP contribution >= 0.6 is 11.6 Å². The van der Waals surface area contributed by atoms with Gasteiger partial charge in [0, 0.05) is 6.20 Å². The number of amides is 1. The van der Waals surface area contributed by atoms with E-state index in [0.717, 1.165) is 0 Å². The van der Waals surface area contributed by atoms with Crippen molar-refractivity contribution in [2.24, 2.45) is 5.73 Å². The zero-order valence-electron chi connectivity index (χ0n) is 9.85. The lowest BCUT2D eigenvalue weighted by Gasteiger charge is -2.16. The van der Waals surface area contributed by atoms with Gasteiger partial charge in [0.15, 0.2) is 0 Å². The SMILES string of the molecule is CCOC(=O)C(CC(N)=O)Nc1ncccc1Cl. The summed E-state index contributed by atoms with van der Waals surface area (Å²) in [4.78, 5) is 26.5. The molecule has 98 valence electrons. The summed E-state index contributed by atoms with van der Waals surface area (Å²) in [5, 5.41) is 3.09. The summed E-state index contributed by atoms with van der Waals surface area (Å²) in [5.41, 5.74) is 5.08. The van der Waals surface area contributed by atoms with Crippen molar-refractivity contribution < 1.29 is 14.3 Å². The van der Waals surface area contributed by atoms with Gasteiger partial charge in [0.1, 0.15) is 11.9 Å². The first-order chi connectivity index (χ1) is 8.54. The molecule has 0 saturated heterocycles. The Balaban J connectivity index is 2.81. The highest BCUT2D eigenvalue weighted by Gasteiger charge is 2.23. The van der Waals surface area contributed by atoms with Crippen molar-refractivity contribution in [2.45, 2.75) is 19.4 Å². The Morgan fingerprint density at radius 2 is 2.33 bits per heavy atom. The van der Waals surface area contributed by atoms with E-state index in [-0.39, 0.29) is 13.0 Å². The lowest BCUT2D eigenvalue weighted by Crippen LogP contribution is -2.36. The van der Waals surface area contributed by atoms with E-state index in [1.54, 1.807) is 19.1 Å². The van der Waals surface area contributed by atoms with E-state index in [9.17, 15) is 9.59 Å². The van der Waals surface area contributed by atoms with Crippen LogP contribution in [0.2, 0.25) is 5.02 Å². The van der Waals surface area contributed by atoms with Crippen molar-refractivity contribution in [3.63, 3.8) is 0 Å². The lowest BCUT2D eigenvalue weighted by molar-refractivity contribution is -0.145. The summed E-state index contributed by atoms with van der Waals surface area (Å²) in [6, 6.07) is 2.37. The molecule has 1 aromatic rings. The van der Waals surface area contributed by atoms with Crippen LogP contribution < -0.4 is 11.1 Å². The van der Waals surface area contributed by atoms with E-state index in [1.165, 1.54) is 6.20 Å². The largest absolute Gasteiger partial charge is 0.464 e. The maximum Gasteiger partial charge on any atom is 0.329 e. The van der Waals surface area contributed by atoms with E-state index in [0.29, 0.717) is 10.8 Å². The molecule has 0 aliphatic carbocycles. The van der Waals surface area contributed by atoms with Crippen LogP contribution in [0.25, 0.3) is 0 Å². The van der Waals surface area contributed by atoms with Crippen LogP contribution in [-0.2, 0) is 14.3 Å². The Morgan fingerprint density at radius 1 is 1.61 bits per heavy atom. The predicted octanol–water partition coefficient (Wildman–Crippen LogP) is 0.954. The fourth-order valence-corrected chi connectivity index (χ4v) is 1.47. The number of nitrogens with zero attached hydrogens (tertiary/aromatic N) is 1. The minimum absolute atomic E-state index is 0.189. The molecule has 1 unspecified atom stereocenters. The standard InChI is InChI=1S/C11H14ClN3O3/c1-2-18-11(17)8(6-9(13)16)15-10-7(12)4-3-5-14-10/h3-5,8H,2,6H2,1H3,(H2,13,16)(H,14,15). The van der Waals surface area contributed by atoms with Gasteiger partial charge in [-0.25, -0.2) is 9.78 Å². The number of aromatic nitrogens is 1. The molecule has 0 saturated carbocycles. The van der Waals surface area contributed by atoms with Crippen molar-refractivity contribution in [1.29, 1.82) is 0 Å². The summed E-state index contributed by atoms with van der Waals surface area (Å²) < 4.78 is 4.84. The predicted molar refractivity (Wildman–Crippen MR) is 67.1 cm³/mol. The number of carbonyl (C=O) groups excluding carboxylic acids is 2. The zero-order chi connectivity index (χ0) is 13.5. The molecular weight excluding hydrogens is 258 g/mol. The minimum Gasteiger partial charge on any atom is -0.464 e. The van der Waals surface area contributed by atoms with Gasteiger partial charge in [-0.1, -0.05) is 11.6 Å². The monoisotopic (exact) mass is 271 g/mol. The quantitative estimate of drug-likeness (QED) is 0.752. The van der Waals surface area contributed by atoms with Crippen LogP contribution in [0.1, 0.15) is 13.3 Å². The molecule has 0 aromatic carbocycles. The third kappa shape index (κ3) is 4.21. The number of halogens is 1. The van der Waals surface area contributed by atoms with E-state index < -0.39 is 17.9 Å². The van der Waals surface area contributed by atoms with Crippen LogP contribution in [0.5, 0.6) is 0 Å². The van der Waals surface area contributed by atoms with Crippen LogP contribution in [0.15, 0.2) is 18.3 Å². The number of rotatable bonds is 6. The second-order valence-electron chi connectivity index (χ2n) is 3.45. The second kappa shape index (κ2) is 6.80. The number of primary amides is 1. The van der Waals surface area contributed by atoms with Gasteiger partial charge in [-0.3, -0.25) is 4.79 Å². The molecule has 3 N–H and O–H groups in total. The fourth-order valence-electron chi connectivity index (χ4n) is 1.29. The molecular formula is C11H14ClN3O3. The van der Waals surface area contributed by atoms with Gasteiger partial charge < -0.3 is 15.8 Å². The first-order valence-electron chi connectivity index (χ1n) is 5.36. The number of hydrogen-bond donors (Lipinski definition) is 2. The maximum atomic E-state index is 11.6. The van der Waals surface area contributed by atoms with Gasteiger partial charge in [-0.2, -0.15) is 0 Å². The Labute approximate surface area is 109 Å². The number of nitrogens with two attached hydrogens (primary N) is 1. The van der Waals surface area contributed by atoms with Crippen LogP contribution in [0.3, 0.4) is 0 Å². The Kier molecular flexibility index (Phi) is 5.38. The van der Waals surface area contributed by atoms with Crippen molar-refractivity contribution in [3.05, 3.63) is 23.4 Å². The molecule has 1 amide bonds. The van der Waals surface area contributed by atoms with E-state index in [2.05, 4.69) is 10.3 Å². The topological polar surface area (TPSA) is 94.3 Å². The summed E-state index contributed by atoms with van der Waals surface area (Å²) in [6.45, 7) is 1.89. The van der Waals surface area contributed by atoms with Gasteiger partial charge >= 0.3 is 5.97 Å². The molecule has 18 heavy (non-hydrogen) atoms. The molecule has 0 aliphatic rings. The summed E-state index contributed by atoms with van der Waals surface area (Å²) in [5.74, 6) is -0.885. The summed E-state index contributed by atoms with van der Waals surface area (Å²) in [7, 11) is 0. The lowest BCUT2D eigenvalue weighted by atomic mass is 10.2. The Morgan fingerprint density at radius 3 is 2.89 bits per heavy atom. The molecule has 7 heteroatoms. The van der Waals surface area contributed by atoms with E-state index in [1.807, 2.05) is 0 Å². The second-order valence-corrected chi connectivity index (χ2v) is 3.86. The summed E-state index contributed by atoms with van der Waals surface area (Å²) >= 11 is 5.89. The van der Waals surface area contributed by atoms with E-state index >= 15 is 0 Å². The average Bonchev–Trinajstić information content (AvgIpc) is 2.31. The Hall–Kier alpha value is -1.82. The third-order valence-electron chi connectivity index (χ3n) is 2.05. The average molecular weight is 272 g/mol. The molecule has 6 nitrogen and oxygen atoms in total. The highest BCUT2D eigenvalue weighted by atomic mass is 35.5. The van der Waals surface area contributed by atoms with Crippen molar-refractivity contribution in [1.82, 2.24) is 4.98 Å². The molecule has 0 spiro atoms. The first-order valence-corrected chi connectivity index (χ1v) is 5.74. The van der Waals surface area contributed by atoms with E-state index in [4.69, 9.17) is 22.1 Å². The molecule has 0 radical (unpaired) electrons. The molecule has 1 rings (SSSR count). The van der Waals surface area contributed by atoms with Crippen LogP contribution in [0.4, 0.5) is 5.82 Å². The first kappa shape index (κ1) is 14.2. The molecule has 1 heterocycles. The summed E-state index contributed by atoms with van der Waals surface area (Å²) in [6.07, 6.45) is 1.33. The molecule has 0 bridgehead atoms. The van der Waals surface area contributed by atoms with Crippen molar-refractivity contribution in [2.75, 3.05) is 11.9 Å². The number of pyridine rings is 1. The van der Waals surface area contributed by atoms with Crippen LogP contribution in [0, 0.1) is 0 Å². The fraction of sp³-hybridized carbons (Fsp3) is 0.364. The van der Waals surface area contributed by atoms with Gasteiger partial charge in [0.2, 0.25) is 5.91 Å². The number of ether oxygens (including phenoxy) is 1. The number of hydrogen-bond acceptors (Lipinski definition) is 5. The van der Waals surface area contributed by atoms with Crippen molar-refractivity contribution >= 4 is 29.3 Å². The Bertz CT molecular complexity index is 439. The van der Waals surface area contributed by atoms with Gasteiger partial charge in [0.05, 0.1) is 18.1 Å². The smallest absolute Gasteiger partial charge is 0.329 e. The number of carbonyl (C=O) groups is 2. The number of esters is 1. The maximum absolute atomic E-state index is 11.6. The molecule has 1 atom stereocenters. The molecule has 1 aromatic heterocycles. The van der Waals surface area contributed by atoms with Gasteiger partial charge in [-0.15, -0.1) is 0 Å². The number of anilines is 1. The van der Waals surface area contributed by atoms with Gasteiger partial charge in [0.25, 0.3) is 0 Å². The van der Waals surface area contributed by atoms with Crippen molar-refractivity contribution in [3.8, 4) is 0 Å². The third-order valence-corrected chi connectivity index (χ3v) is 2.35. The zero-order valence-corrected chi connectivity index (χ0v) is 10.6. The number of nitrogens with one attached hydrogen (secondary N) is 1. The normalized spacial score (nSPS) is 11.7. The molecule has 0 fully saturated rings.